The van der Waals surface area contributed by atoms with E-state index in [2.05, 4.69) is 16.9 Å². The van der Waals surface area contributed by atoms with Gasteiger partial charge in [-0.2, -0.15) is 0 Å². The minimum absolute atomic E-state index is 0.366. The number of carbonyl (C=O) groups is 1. The Bertz CT molecular complexity index is 392. The van der Waals surface area contributed by atoms with Gasteiger partial charge in [0.2, 0.25) is 0 Å². The molecule has 1 amide bonds. The van der Waals surface area contributed by atoms with E-state index in [-0.39, 0.29) is 0 Å². The summed E-state index contributed by atoms with van der Waals surface area (Å²) in [6.45, 7) is 2.15. The second kappa shape index (κ2) is 4.61. The lowest BCUT2D eigenvalue weighted by molar-refractivity contribution is 0.0995. The third-order valence-corrected chi connectivity index (χ3v) is 3.07. The molecular formula is C12H17N3O. The third-order valence-electron chi connectivity index (χ3n) is 3.07. The predicted molar refractivity (Wildman–Crippen MR) is 62.2 cm³/mol. The molecule has 1 aliphatic rings. The smallest absolute Gasteiger partial charge is 0.267 e. The minimum atomic E-state index is -0.453. The van der Waals surface area contributed by atoms with Crippen molar-refractivity contribution in [3.05, 3.63) is 29.6 Å². The van der Waals surface area contributed by atoms with Crippen LogP contribution in [0.3, 0.4) is 0 Å². The van der Waals surface area contributed by atoms with Crippen molar-refractivity contribution in [3.63, 3.8) is 0 Å². The van der Waals surface area contributed by atoms with Crippen LogP contribution in [-0.4, -0.2) is 35.9 Å². The molecule has 0 bridgehead atoms. The number of hydrogen-bond acceptors (Lipinski definition) is 3. The Morgan fingerprint density at radius 3 is 3.06 bits per heavy atom. The van der Waals surface area contributed by atoms with E-state index >= 15 is 0 Å². The van der Waals surface area contributed by atoms with Crippen molar-refractivity contribution in [2.45, 2.75) is 18.8 Å². The first-order valence-corrected chi connectivity index (χ1v) is 5.62. The molecule has 1 aromatic heterocycles. The summed E-state index contributed by atoms with van der Waals surface area (Å²) < 4.78 is 0. The number of nitrogens with zero attached hydrogens (tertiary/aromatic N) is 2. The van der Waals surface area contributed by atoms with E-state index in [1.807, 2.05) is 12.1 Å². The number of likely N-dealkylation sites (tertiary alicyclic amines) is 1. The van der Waals surface area contributed by atoms with Crippen LogP contribution in [0.2, 0.25) is 0 Å². The van der Waals surface area contributed by atoms with Gasteiger partial charge in [0.25, 0.3) is 5.91 Å². The van der Waals surface area contributed by atoms with Gasteiger partial charge in [-0.05, 0) is 38.6 Å². The Labute approximate surface area is 95.5 Å². The Kier molecular flexibility index (Phi) is 3.19. The molecule has 1 saturated heterocycles. The number of nitrogens with two attached hydrogens (primary N) is 1. The molecule has 16 heavy (non-hydrogen) atoms. The van der Waals surface area contributed by atoms with Crippen LogP contribution >= 0.6 is 0 Å². The first-order chi connectivity index (χ1) is 7.66. The first kappa shape index (κ1) is 11.1. The maximum absolute atomic E-state index is 11.0. The van der Waals surface area contributed by atoms with Gasteiger partial charge in [0.05, 0.1) is 0 Å². The van der Waals surface area contributed by atoms with Crippen LogP contribution in [0.15, 0.2) is 18.2 Å². The van der Waals surface area contributed by atoms with Gasteiger partial charge in [-0.25, -0.2) is 4.98 Å². The highest BCUT2D eigenvalue weighted by atomic mass is 16.1. The maximum atomic E-state index is 11.0. The Morgan fingerprint density at radius 2 is 2.38 bits per heavy atom. The normalized spacial score (nSPS) is 21.9. The fourth-order valence-electron chi connectivity index (χ4n) is 2.22. The molecule has 1 atom stereocenters. The fraction of sp³-hybridized carbons (Fsp3) is 0.500. The van der Waals surface area contributed by atoms with Crippen LogP contribution in [-0.2, 0) is 0 Å². The van der Waals surface area contributed by atoms with Crippen molar-refractivity contribution < 1.29 is 4.79 Å². The van der Waals surface area contributed by atoms with Crippen molar-refractivity contribution in [1.29, 1.82) is 0 Å². The Balaban J connectivity index is 2.19. The minimum Gasteiger partial charge on any atom is -0.364 e. The van der Waals surface area contributed by atoms with Crippen molar-refractivity contribution in [1.82, 2.24) is 9.88 Å². The SMILES string of the molecule is CN1CCCC(c2cccc(C(N)=O)n2)C1. The number of pyridine rings is 1. The molecule has 86 valence electrons. The van der Waals surface area contributed by atoms with Gasteiger partial charge in [-0.1, -0.05) is 6.07 Å². The topological polar surface area (TPSA) is 59.2 Å². The zero-order valence-corrected chi connectivity index (χ0v) is 9.52. The van der Waals surface area contributed by atoms with E-state index in [9.17, 15) is 4.79 Å². The van der Waals surface area contributed by atoms with Crippen molar-refractivity contribution >= 4 is 5.91 Å². The predicted octanol–water partition coefficient (Wildman–Crippen LogP) is 0.990. The number of aromatic nitrogens is 1. The average molecular weight is 219 g/mol. The Morgan fingerprint density at radius 1 is 1.56 bits per heavy atom. The number of rotatable bonds is 2. The molecule has 2 rings (SSSR count). The van der Waals surface area contributed by atoms with Gasteiger partial charge in [0.1, 0.15) is 5.69 Å². The maximum Gasteiger partial charge on any atom is 0.267 e. The van der Waals surface area contributed by atoms with Crippen LogP contribution < -0.4 is 5.73 Å². The molecule has 0 radical (unpaired) electrons. The molecule has 1 aromatic rings. The molecule has 0 aromatic carbocycles. The summed E-state index contributed by atoms with van der Waals surface area (Å²) in [6.07, 6.45) is 2.32. The van der Waals surface area contributed by atoms with Crippen LogP contribution in [0, 0.1) is 0 Å². The monoisotopic (exact) mass is 219 g/mol. The van der Waals surface area contributed by atoms with Crippen LogP contribution in [0.1, 0.15) is 34.9 Å². The summed E-state index contributed by atoms with van der Waals surface area (Å²) in [7, 11) is 2.12. The number of amides is 1. The highest BCUT2D eigenvalue weighted by Crippen LogP contribution is 2.24. The Hall–Kier alpha value is -1.42. The number of piperidine rings is 1. The molecule has 1 aliphatic heterocycles. The lowest BCUT2D eigenvalue weighted by Crippen LogP contribution is -2.31. The van der Waals surface area contributed by atoms with Crippen LogP contribution in [0.4, 0.5) is 0 Å². The van der Waals surface area contributed by atoms with E-state index in [0.29, 0.717) is 11.6 Å². The summed E-state index contributed by atoms with van der Waals surface area (Å²) in [5.41, 5.74) is 6.58. The lowest BCUT2D eigenvalue weighted by atomic mass is 9.94. The highest BCUT2D eigenvalue weighted by Gasteiger charge is 2.20. The number of carbonyl (C=O) groups excluding carboxylic acids is 1. The molecule has 4 heteroatoms. The molecular weight excluding hydrogens is 202 g/mol. The average Bonchev–Trinajstić information content (AvgIpc) is 2.29. The summed E-state index contributed by atoms with van der Waals surface area (Å²) in [6, 6.07) is 5.51. The van der Waals surface area contributed by atoms with Crippen molar-refractivity contribution in [3.8, 4) is 0 Å². The molecule has 0 saturated carbocycles. The van der Waals surface area contributed by atoms with Gasteiger partial charge in [0, 0.05) is 18.2 Å². The summed E-state index contributed by atoms with van der Waals surface area (Å²) in [5.74, 6) is -0.0240. The molecule has 0 spiro atoms. The van der Waals surface area contributed by atoms with Crippen molar-refractivity contribution in [2.75, 3.05) is 20.1 Å². The molecule has 1 fully saturated rings. The second-order valence-corrected chi connectivity index (χ2v) is 4.41. The number of likely N-dealkylation sites (N-methyl/N-ethyl adjacent to an activating group) is 1. The summed E-state index contributed by atoms with van der Waals surface area (Å²) >= 11 is 0. The van der Waals surface area contributed by atoms with Gasteiger partial charge in [0.15, 0.2) is 0 Å². The molecule has 4 nitrogen and oxygen atoms in total. The number of primary amides is 1. The van der Waals surface area contributed by atoms with Crippen LogP contribution in [0.5, 0.6) is 0 Å². The highest BCUT2D eigenvalue weighted by molar-refractivity contribution is 5.90. The van der Waals surface area contributed by atoms with Crippen LogP contribution in [0.25, 0.3) is 0 Å². The van der Waals surface area contributed by atoms with Gasteiger partial charge in [-0.15, -0.1) is 0 Å². The second-order valence-electron chi connectivity index (χ2n) is 4.41. The third kappa shape index (κ3) is 2.39. The van der Waals surface area contributed by atoms with Crippen molar-refractivity contribution in [2.24, 2.45) is 5.73 Å². The fourth-order valence-corrected chi connectivity index (χ4v) is 2.22. The van der Waals surface area contributed by atoms with E-state index < -0.39 is 5.91 Å². The quantitative estimate of drug-likeness (QED) is 0.807. The van der Waals surface area contributed by atoms with Gasteiger partial charge in [-0.3, -0.25) is 4.79 Å². The lowest BCUT2D eigenvalue weighted by Gasteiger charge is -2.29. The molecule has 0 aliphatic carbocycles. The van der Waals surface area contributed by atoms with E-state index in [0.717, 1.165) is 25.2 Å². The largest absolute Gasteiger partial charge is 0.364 e. The molecule has 2 heterocycles. The van der Waals surface area contributed by atoms with E-state index in [1.54, 1.807) is 6.07 Å². The first-order valence-electron chi connectivity index (χ1n) is 5.62. The summed E-state index contributed by atoms with van der Waals surface area (Å²) in [5, 5.41) is 0. The zero-order chi connectivity index (χ0) is 11.5. The number of hydrogen-bond donors (Lipinski definition) is 1. The van der Waals surface area contributed by atoms with E-state index in [4.69, 9.17) is 5.73 Å². The summed E-state index contributed by atoms with van der Waals surface area (Å²) in [4.78, 5) is 17.7. The van der Waals surface area contributed by atoms with E-state index in [1.165, 1.54) is 6.42 Å². The molecule has 2 N–H and O–H groups in total. The zero-order valence-electron chi connectivity index (χ0n) is 9.52. The standard InChI is InChI=1S/C12H17N3O/c1-15-7-3-4-9(8-15)10-5-2-6-11(14-10)12(13)16/h2,5-6,9H,3-4,7-8H2,1H3,(H2,13,16). The molecule has 1 unspecified atom stereocenters. The van der Waals surface area contributed by atoms with Gasteiger partial charge < -0.3 is 10.6 Å². The van der Waals surface area contributed by atoms with Gasteiger partial charge >= 0.3 is 0 Å².